The maximum atomic E-state index is 10.9. The van der Waals surface area contributed by atoms with Crippen LogP contribution >= 0.6 is 0 Å². The summed E-state index contributed by atoms with van der Waals surface area (Å²) >= 11 is 0. The molecule has 0 bridgehead atoms. The predicted octanol–water partition coefficient (Wildman–Crippen LogP) is 3.01. The maximum Gasteiger partial charge on any atom is 0.285 e. The molecule has 4 nitrogen and oxygen atoms in total. The predicted molar refractivity (Wildman–Crippen MR) is 71.9 cm³/mol. The first-order chi connectivity index (χ1) is 9.06. The van der Waals surface area contributed by atoms with Crippen LogP contribution in [0.15, 0.2) is 42.5 Å². The third kappa shape index (κ3) is 3.11. The molecular formula is C15H11NO3. The summed E-state index contributed by atoms with van der Waals surface area (Å²) in [5.74, 6) is 5.78. The number of benzene rings is 2. The van der Waals surface area contributed by atoms with E-state index in [0.29, 0.717) is 11.1 Å². The van der Waals surface area contributed by atoms with Gasteiger partial charge in [-0.1, -0.05) is 17.9 Å². The average Bonchev–Trinajstić information content (AvgIpc) is 2.39. The maximum absolute atomic E-state index is 10.9. The van der Waals surface area contributed by atoms with Crippen molar-refractivity contribution in [3.05, 3.63) is 69.3 Å². The minimum absolute atomic E-state index is 0.00581. The number of nitrogens with zero attached hydrogens (tertiary/aromatic N) is 1. The highest BCUT2D eigenvalue weighted by Crippen LogP contribution is 2.19. The van der Waals surface area contributed by atoms with E-state index in [0.717, 1.165) is 5.56 Å². The Bertz CT molecular complexity index is 679. The van der Waals surface area contributed by atoms with Gasteiger partial charge >= 0.3 is 0 Å². The van der Waals surface area contributed by atoms with Crippen LogP contribution in [0.25, 0.3) is 0 Å². The second-order valence-electron chi connectivity index (χ2n) is 4.07. The van der Waals surface area contributed by atoms with Crippen molar-refractivity contribution in [3.8, 4) is 17.6 Å². The van der Waals surface area contributed by atoms with Gasteiger partial charge in [-0.15, -0.1) is 0 Å². The summed E-state index contributed by atoms with van der Waals surface area (Å²) in [4.78, 5) is 10.5. The molecule has 0 atom stereocenters. The quantitative estimate of drug-likeness (QED) is 0.482. The summed E-state index contributed by atoms with van der Waals surface area (Å²) in [6, 6.07) is 11.3. The molecule has 0 unspecified atom stereocenters. The average molecular weight is 253 g/mol. The standard InChI is InChI=1S/C15H11NO3/c1-11-2-6-13(15(10-11)16(18)19)7-3-12-4-8-14(17)9-5-12/h2,4-6,8-10,17H,1H3. The van der Waals surface area contributed by atoms with Gasteiger partial charge in [0, 0.05) is 11.6 Å². The Morgan fingerprint density at radius 3 is 2.42 bits per heavy atom. The number of rotatable bonds is 1. The van der Waals surface area contributed by atoms with Gasteiger partial charge in [0.1, 0.15) is 11.3 Å². The molecule has 0 saturated carbocycles. The summed E-state index contributed by atoms with van der Waals surface area (Å²) in [5, 5.41) is 20.1. The van der Waals surface area contributed by atoms with E-state index in [1.165, 1.54) is 18.2 Å². The fourth-order valence-electron chi connectivity index (χ4n) is 1.58. The molecule has 4 heteroatoms. The zero-order valence-corrected chi connectivity index (χ0v) is 10.3. The molecule has 0 aromatic heterocycles. The number of phenols is 1. The third-order valence-corrected chi connectivity index (χ3v) is 2.56. The Balaban J connectivity index is 2.39. The van der Waals surface area contributed by atoms with E-state index in [2.05, 4.69) is 11.8 Å². The van der Waals surface area contributed by atoms with Crippen LogP contribution < -0.4 is 0 Å². The van der Waals surface area contributed by atoms with Crippen molar-refractivity contribution in [2.75, 3.05) is 0 Å². The van der Waals surface area contributed by atoms with Crippen LogP contribution in [0.2, 0.25) is 0 Å². The number of phenolic OH excluding ortho intramolecular Hbond substituents is 1. The van der Waals surface area contributed by atoms with Crippen molar-refractivity contribution in [2.24, 2.45) is 0 Å². The highest BCUT2D eigenvalue weighted by Gasteiger charge is 2.11. The van der Waals surface area contributed by atoms with Gasteiger partial charge in [-0.3, -0.25) is 10.1 Å². The lowest BCUT2D eigenvalue weighted by molar-refractivity contribution is -0.385. The zero-order chi connectivity index (χ0) is 13.8. The topological polar surface area (TPSA) is 63.4 Å². The molecule has 0 aliphatic carbocycles. The molecule has 2 aromatic rings. The van der Waals surface area contributed by atoms with Crippen molar-refractivity contribution in [1.29, 1.82) is 0 Å². The minimum atomic E-state index is -0.437. The molecule has 0 spiro atoms. The second-order valence-corrected chi connectivity index (χ2v) is 4.07. The Kier molecular flexibility index (Phi) is 3.48. The van der Waals surface area contributed by atoms with Gasteiger partial charge in [-0.05, 0) is 42.8 Å². The number of aromatic hydroxyl groups is 1. The molecule has 0 fully saturated rings. The summed E-state index contributed by atoms with van der Waals surface area (Å²) in [5.41, 5.74) is 1.89. The van der Waals surface area contributed by atoms with Crippen LogP contribution in [-0.4, -0.2) is 10.0 Å². The minimum Gasteiger partial charge on any atom is -0.508 e. The fourth-order valence-corrected chi connectivity index (χ4v) is 1.58. The van der Waals surface area contributed by atoms with Gasteiger partial charge in [-0.2, -0.15) is 0 Å². The first kappa shape index (κ1) is 12.7. The van der Waals surface area contributed by atoms with Crippen molar-refractivity contribution in [1.82, 2.24) is 0 Å². The van der Waals surface area contributed by atoms with E-state index in [-0.39, 0.29) is 11.4 Å². The molecule has 0 aliphatic rings. The lowest BCUT2D eigenvalue weighted by Gasteiger charge is -1.97. The van der Waals surface area contributed by atoms with Gasteiger partial charge in [-0.25, -0.2) is 0 Å². The molecule has 94 valence electrons. The van der Waals surface area contributed by atoms with E-state index in [1.807, 2.05) is 0 Å². The van der Waals surface area contributed by atoms with Crippen molar-refractivity contribution >= 4 is 5.69 Å². The Hall–Kier alpha value is -2.80. The molecule has 1 N–H and O–H groups in total. The highest BCUT2D eigenvalue weighted by atomic mass is 16.6. The molecule has 0 saturated heterocycles. The van der Waals surface area contributed by atoms with E-state index in [4.69, 9.17) is 5.11 Å². The highest BCUT2D eigenvalue weighted by molar-refractivity contribution is 5.54. The molecule has 2 rings (SSSR count). The summed E-state index contributed by atoms with van der Waals surface area (Å²) in [6.07, 6.45) is 0. The van der Waals surface area contributed by atoms with Crippen LogP contribution in [0.1, 0.15) is 16.7 Å². The molecule has 2 aromatic carbocycles. The molecule has 0 amide bonds. The van der Waals surface area contributed by atoms with Crippen molar-refractivity contribution < 1.29 is 10.0 Å². The van der Waals surface area contributed by atoms with Gasteiger partial charge in [0.2, 0.25) is 0 Å². The van der Waals surface area contributed by atoms with Crippen LogP contribution in [0.5, 0.6) is 5.75 Å². The number of aryl methyl sites for hydroxylation is 1. The van der Waals surface area contributed by atoms with E-state index in [9.17, 15) is 10.1 Å². The normalized spacial score (nSPS) is 9.53. The van der Waals surface area contributed by atoms with Crippen molar-refractivity contribution in [2.45, 2.75) is 6.92 Å². The smallest absolute Gasteiger partial charge is 0.285 e. The zero-order valence-electron chi connectivity index (χ0n) is 10.3. The van der Waals surface area contributed by atoms with E-state index < -0.39 is 4.92 Å². The number of hydrogen-bond acceptors (Lipinski definition) is 3. The first-order valence-corrected chi connectivity index (χ1v) is 5.62. The lowest BCUT2D eigenvalue weighted by Crippen LogP contribution is -1.92. The van der Waals surface area contributed by atoms with E-state index >= 15 is 0 Å². The van der Waals surface area contributed by atoms with Gasteiger partial charge in [0.15, 0.2) is 0 Å². The van der Waals surface area contributed by atoms with Crippen molar-refractivity contribution in [3.63, 3.8) is 0 Å². The summed E-state index contributed by atoms with van der Waals surface area (Å²) < 4.78 is 0. The number of nitro benzene ring substituents is 1. The third-order valence-electron chi connectivity index (χ3n) is 2.56. The Morgan fingerprint density at radius 1 is 1.11 bits per heavy atom. The van der Waals surface area contributed by atoms with Gasteiger partial charge < -0.3 is 5.11 Å². The summed E-state index contributed by atoms with van der Waals surface area (Å²) in [6.45, 7) is 1.80. The fraction of sp³-hybridized carbons (Fsp3) is 0.0667. The second kappa shape index (κ2) is 5.23. The molecule has 0 heterocycles. The Labute approximate surface area is 110 Å². The lowest BCUT2D eigenvalue weighted by atomic mass is 10.1. The van der Waals surface area contributed by atoms with Gasteiger partial charge in [0.05, 0.1) is 4.92 Å². The van der Waals surface area contributed by atoms with Crippen LogP contribution in [-0.2, 0) is 0 Å². The van der Waals surface area contributed by atoms with Gasteiger partial charge in [0.25, 0.3) is 5.69 Å². The summed E-state index contributed by atoms with van der Waals surface area (Å²) in [7, 11) is 0. The van der Waals surface area contributed by atoms with Crippen LogP contribution in [0, 0.1) is 28.9 Å². The molecule has 19 heavy (non-hydrogen) atoms. The molecule has 0 radical (unpaired) electrons. The monoisotopic (exact) mass is 253 g/mol. The first-order valence-electron chi connectivity index (χ1n) is 5.62. The van der Waals surface area contributed by atoms with Crippen LogP contribution in [0.3, 0.4) is 0 Å². The molecule has 0 aliphatic heterocycles. The Morgan fingerprint density at radius 2 is 1.79 bits per heavy atom. The SMILES string of the molecule is Cc1ccc(C#Cc2ccc(O)cc2)c([N+](=O)[O-])c1. The van der Waals surface area contributed by atoms with E-state index in [1.54, 1.807) is 31.2 Å². The van der Waals surface area contributed by atoms with Crippen LogP contribution in [0.4, 0.5) is 5.69 Å². The largest absolute Gasteiger partial charge is 0.508 e. The number of hydrogen-bond donors (Lipinski definition) is 1. The number of nitro groups is 1. The molecular weight excluding hydrogens is 242 g/mol.